The van der Waals surface area contributed by atoms with Crippen LogP contribution in [0.15, 0.2) is 22.6 Å². The highest BCUT2D eigenvalue weighted by atomic mass is 35.5. The lowest BCUT2D eigenvalue weighted by Crippen LogP contribution is -2.43. The van der Waals surface area contributed by atoms with Crippen LogP contribution in [-0.2, 0) is 9.47 Å². The van der Waals surface area contributed by atoms with Gasteiger partial charge >= 0.3 is 12.2 Å². The summed E-state index contributed by atoms with van der Waals surface area (Å²) in [6, 6.07) is 4.59. The van der Waals surface area contributed by atoms with Crippen molar-refractivity contribution >= 4 is 48.5 Å². The molecule has 0 fully saturated rings. The predicted molar refractivity (Wildman–Crippen MR) is 103 cm³/mol. The van der Waals surface area contributed by atoms with Crippen LogP contribution in [-0.4, -0.2) is 29.6 Å². The summed E-state index contributed by atoms with van der Waals surface area (Å²) >= 11 is 9.85. The number of thiol groups is 1. The largest absolute Gasteiger partial charge is 0.443 e. The molecule has 0 radical (unpaired) electrons. The Labute approximate surface area is 158 Å². The molecule has 0 bridgehead atoms. The van der Waals surface area contributed by atoms with Crippen molar-refractivity contribution in [2.45, 2.75) is 52.7 Å². The van der Waals surface area contributed by atoms with Crippen LogP contribution in [0.4, 0.5) is 15.3 Å². The average Bonchev–Trinajstić information content (AvgIpc) is 2.38. The van der Waals surface area contributed by atoms with E-state index in [2.05, 4.69) is 17.2 Å². The number of hydrogen-bond donors (Lipinski definition) is 1. The molecule has 25 heavy (non-hydrogen) atoms. The highest BCUT2D eigenvalue weighted by Gasteiger charge is 2.32. The van der Waals surface area contributed by atoms with Gasteiger partial charge < -0.3 is 9.47 Å². The first kappa shape index (κ1) is 21.3. The summed E-state index contributed by atoms with van der Waals surface area (Å²) in [6.07, 6.45) is -0.298. The number of halogens is 1. The Morgan fingerprint density at radius 2 is 1.56 bits per heavy atom. The van der Waals surface area contributed by atoms with Crippen molar-refractivity contribution in [3.63, 3.8) is 0 Å². The molecule has 2 amide bonds. The number of carbonyl (C=O) groups is 2. The highest BCUT2D eigenvalue weighted by Crippen LogP contribution is 2.26. The molecule has 0 aliphatic rings. The fourth-order valence-electron chi connectivity index (χ4n) is 1.73. The highest BCUT2D eigenvalue weighted by molar-refractivity contribution is 7.79. The summed E-state index contributed by atoms with van der Waals surface area (Å²) in [5.41, 5.74) is -0.819. The zero-order chi connectivity index (χ0) is 19.4. The van der Waals surface area contributed by atoms with Gasteiger partial charge in [0.15, 0.2) is 0 Å². The molecule has 1 aromatic rings. The molecule has 0 spiro atoms. The van der Waals surface area contributed by atoms with Crippen LogP contribution < -0.4 is 4.90 Å². The summed E-state index contributed by atoms with van der Waals surface area (Å²) in [4.78, 5) is 25.9. The molecule has 0 N–H and O–H groups in total. The summed E-state index contributed by atoms with van der Waals surface area (Å²) in [7, 11) is 0. The maximum Gasteiger partial charge on any atom is 0.424 e. The van der Waals surface area contributed by atoms with Crippen molar-refractivity contribution in [2.24, 2.45) is 4.40 Å². The van der Waals surface area contributed by atoms with E-state index in [9.17, 15) is 9.59 Å². The second-order valence-electron chi connectivity index (χ2n) is 7.25. The Morgan fingerprint density at radius 1 is 1.08 bits per heavy atom. The van der Waals surface area contributed by atoms with Crippen molar-refractivity contribution < 1.29 is 19.1 Å². The fourth-order valence-corrected chi connectivity index (χ4v) is 2.02. The molecule has 138 valence electrons. The van der Waals surface area contributed by atoms with Gasteiger partial charge in [-0.15, -0.1) is 0 Å². The Balaban J connectivity index is 3.33. The lowest BCUT2D eigenvalue weighted by atomic mass is 10.2. The molecule has 0 atom stereocenters. The van der Waals surface area contributed by atoms with E-state index in [0.29, 0.717) is 10.6 Å². The van der Waals surface area contributed by atoms with Crippen molar-refractivity contribution in [3.05, 3.63) is 28.8 Å². The molecule has 8 heteroatoms. The van der Waals surface area contributed by atoms with Gasteiger partial charge in [0.2, 0.25) is 0 Å². The molecule has 0 aliphatic carbocycles. The van der Waals surface area contributed by atoms with Crippen molar-refractivity contribution in [2.75, 3.05) is 4.90 Å². The van der Waals surface area contributed by atoms with Crippen molar-refractivity contribution in [3.8, 4) is 0 Å². The summed E-state index contributed by atoms with van der Waals surface area (Å²) in [6.45, 7) is 10.2. The normalized spacial score (nSPS) is 12.2. The van der Waals surface area contributed by atoms with E-state index >= 15 is 0 Å². The zero-order valence-corrected chi connectivity index (χ0v) is 16.8. The fraction of sp³-hybridized carbons (Fsp3) is 0.471. The van der Waals surface area contributed by atoms with Gasteiger partial charge in [-0.2, -0.15) is 4.90 Å². The third kappa shape index (κ3) is 6.96. The Kier molecular flexibility index (Phi) is 6.90. The molecule has 0 unspecified atom stereocenters. The van der Waals surface area contributed by atoms with Crippen molar-refractivity contribution in [1.29, 1.82) is 0 Å². The lowest BCUT2D eigenvalue weighted by molar-refractivity contribution is 0.0431. The van der Waals surface area contributed by atoms with Crippen LogP contribution in [0.3, 0.4) is 0 Å². The first-order chi connectivity index (χ1) is 11.3. The van der Waals surface area contributed by atoms with E-state index in [1.807, 2.05) is 0 Å². The number of anilines is 1. The number of nitrogens with zero attached hydrogens (tertiary/aromatic N) is 2. The van der Waals surface area contributed by atoms with Crippen LogP contribution in [0.1, 0.15) is 47.1 Å². The quantitative estimate of drug-likeness (QED) is 0.554. The van der Waals surface area contributed by atoms with Crippen molar-refractivity contribution in [1.82, 2.24) is 0 Å². The summed E-state index contributed by atoms with van der Waals surface area (Å²) in [5, 5.41) is 0.398. The second-order valence-corrected chi connectivity index (χ2v) is 7.88. The molecule has 6 nitrogen and oxygen atoms in total. The number of rotatable bonds is 2. The van der Waals surface area contributed by atoms with E-state index in [0.717, 1.165) is 4.90 Å². The number of amides is 2. The van der Waals surface area contributed by atoms with Crippen LogP contribution in [0.2, 0.25) is 5.02 Å². The van der Waals surface area contributed by atoms with Gasteiger partial charge in [0.1, 0.15) is 11.2 Å². The average molecular weight is 387 g/mol. The van der Waals surface area contributed by atoms with Gasteiger partial charge in [-0.25, -0.2) is 14.0 Å². The lowest BCUT2D eigenvalue weighted by Gasteiger charge is -2.28. The second kappa shape index (κ2) is 8.10. The van der Waals surface area contributed by atoms with Gasteiger partial charge in [0.25, 0.3) is 0 Å². The third-order valence-electron chi connectivity index (χ3n) is 2.59. The van der Waals surface area contributed by atoms with Gasteiger partial charge in [-0.3, -0.25) is 0 Å². The van der Waals surface area contributed by atoms with Gasteiger partial charge in [-0.1, -0.05) is 11.6 Å². The predicted octanol–water partition coefficient (Wildman–Crippen LogP) is 5.28. The maximum atomic E-state index is 12.6. The van der Waals surface area contributed by atoms with Crippen LogP contribution >= 0.6 is 24.4 Å². The Hall–Kier alpha value is -1.73. The molecule has 0 saturated carbocycles. The first-order valence-corrected chi connectivity index (χ1v) is 8.35. The van der Waals surface area contributed by atoms with Crippen LogP contribution in [0.5, 0.6) is 0 Å². The van der Waals surface area contributed by atoms with Gasteiger partial charge in [-0.05, 0) is 72.6 Å². The molecule has 0 saturated heterocycles. The minimum atomic E-state index is -0.849. The number of imide groups is 1. The van der Waals surface area contributed by atoms with E-state index in [1.54, 1.807) is 47.6 Å². The number of ether oxygens (including phenoxy) is 2. The molecule has 1 rings (SSSR count). The van der Waals surface area contributed by atoms with E-state index in [-0.39, 0.29) is 5.69 Å². The molecular weight excluding hydrogens is 364 g/mol. The van der Waals surface area contributed by atoms with E-state index in [4.69, 9.17) is 21.1 Å². The first-order valence-electron chi connectivity index (χ1n) is 7.57. The van der Waals surface area contributed by atoms with Crippen LogP contribution in [0.25, 0.3) is 0 Å². The molecular formula is C17H23ClN2O4S. The minimum absolute atomic E-state index is 0.246. The van der Waals surface area contributed by atoms with Gasteiger partial charge in [0.05, 0.1) is 5.69 Å². The molecule has 0 aliphatic heterocycles. The number of hydrogen-bond acceptors (Lipinski definition) is 6. The van der Waals surface area contributed by atoms with E-state index < -0.39 is 23.4 Å². The zero-order valence-electron chi connectivity index (χ0n) is 15.2. The standard InChI is InChI=1S/C17H23ClN2O4S/c1-16(2,3)23-14(21)20(15(22)24-17(4,5)6)12-7-8-13(18)11(9-12)10-19-25/h7-10,25H,1-6H3/b19-10+. The Bertz CT molecular complexity index is 650. The summed E-state index contributed by atoms with van der Waals surface area (Å²) < 4.78 is 14.3. The third-order valence-corrected chi connectivity index (χ3v) is 3.05. The van der Waals surface area contributed by atoms with Gasteiger partial charge in [0, 0.05) is 16.8 Å². The monoisotopic (exact) mass is 386 g/mol. The maximum absolute atomic E-state index is 12.6. The SMILES string of the molecule is CC(C)(C)OC(=O)N(C(=O)OC(C)(C)C)c1ccc(Cl)c(/C=N/S)c1. The summed E-state index contributed by atoms with van der Waals surface area (Å²) in [5.74, 6) is 0. The molecule has 0 aromatic heterocycles. The van der Waals surface area contributed by atoms with Crippen LogP contribution in [0, 0.1) is 0 Å². The molecule has 1 aromatic carbocycles. The molecule has 0 heterocycles. The minimum Gasteiger partial charge on any atom is -0.443 e. The smallest absolute Gasteiger partial charge is 0.424 e. The topological polar surface area (TPSA) is 68.2 Å². The van der Waals surface area contributed by atoms with E-state index in [1.165, 1.54) is 18.3 Å². The number of carbonyl (C=O) groups excluding carboxylic acids is 2. The Morgan fingerprint density at radius 3 is 1.96 bits per heavy atom. The number of benzene rings is 1.